The van der Waals surface area contributed by atoms with Crippen molar-refractivity contribution in [3.63, 3.8) is 0 Å². The first-order valence-electron chi connectivity index (χ1n) is 7.70. The summed E-state index contributed by atoms with van der Waals surface area (Å²) in [6, 6.07) is 17.3. The molecule has 0 amide bonds. The molecule has 3 aromatic rings. The van der Waals surface area contributed by atoms with Gasteiger partial charge >= 0.3 is 0 Å². The fraction of sp³-hybridized carbons (Fsp3) is 0.222. The fourth-order valence-corrected chi connectivity index (χ4v) is 2.55. The Kier molecular flexibility index (Phi) is 5.59. The average molecular weight is 344 g/mol. The fourth-order valence-electron chi connectivity index (χ4n) is 2.42. The molecule has 0 radical (unpaired) electrons. The largest absolute Gasteiger partial charge is 0.395 e. The second-order valence-corrected chi connectivity index (χ2v) is 5.88. The number of aromatic nitrogens is 2. The Morgan fingerprint density at radius 3 is 2.46 bits per heavy atom. The molecule has 1 N–H and O–H groups in total. The highest BCUT2D eigenvalue weighted by Gasteiger charge is 2.13. The molecule has 5 nitrogen and oxygen atoms in total. The first-order valence-corrected chi connectivity index (χ1v) is 8.08. The third kappa shape index (κ3) is 4.41. The molecular weight excluding hydrogens is 326 g/mol. The third-order valence-corrected chi connectivity index (χ3v) is 3.84. The van der Waals surface area contributed by atoms with E-state index in [4.69, 9.17) is 16.1 Å². The SMILES string of the molecule is OCCN(Cc1ccccc1)Cc1noc(-c2ccc(Cl)cc2)n1. The number of hydrogen-bond donors (Lipinski definition) is 1. The summed E-state index contributed by atoms with van der Waals surface area (Å²) in [5.41, 5.74) is 2.00. The van der Waals surface area contributed by atoms with E-state index in [-0.39, 0.29) is 6.61 Å². The Hall–Kier alpha value is -2.21. The summed E-state index contributed by atoms with van der Waals surface area (Å²) in [7, 11) is 0. The van der Waals surface area contributed by atoms with Crippen LogP contribution in [0.15, 0.2) is 59.1 Å². The van der Waals surface area contributed by atoms with Crippen molar-refractivity contribution in [2.24, 2.45) is 0 Å². The van der Waals surface area contributed by atoms with Crippen molar-refractivity contribution in [2.45, 2.75) is 13.1 Å². The lowest BCUT2D eigenvalue weighted by molar-refractivity contribution is 0.180. The van der Waals surface area contributed by atoms with Crippen molar-refractivity contribution in [3.05, 3.63) is 71.0 Å². The number of rotatable bonds is 7. The summed E-state index contributed by atoms with van der Waals surface area (Å²) >= 11 is 5.89. The van der Waals surface area contributed by atoms with Gasteiger partial charge in [-0.25, -0.2) is 0 Å². The number of hydrogen-bond acceptors (Lipinski definition) is 5. The van der Waals surface area contributed by atoms with Crippen molar-refractivity contribution in [3.8, 4) is 11.5 Å². The van der Waals surface area contributed by atoms with Crippen LogP contribution in [-0.2, 0) is 13.1 Å². The lowest BCUT2D eigenvalue weighted by Gasteiger charge is -2.19. The number of nitrogens with zero attached hydrogens (tertiary/aromatic N) is 3. The van der Waals surface area contributed by atoms with E-state index in [2.05, 4.69) is 27.2 Å². The number of aliphatic hydroxyl groups is 1. The molecular formula is C18H18ClN3O2. The summed E-state index contributed by atoms with van der Waals surface area (Å²) in [6.07, 6.45) is 0. The van der Waals surface area contributed by atoms with Gasteiger partial charge in [-0.15, -0.1) is 0 Å². The van der Waals surface area contributed by atoms with Crippen LogP contribution in [0.4, 0.5) is 0 Å². The highest BCUT2D eigenvalue weighted by Crippen LogP contribution is 2.20. The van der Waals surface area contributed by atoms with Crippen molar-refractivity contribution in [1.82, 2.24) is 15.0 Å². The van der Waals surface area contributed by atoms with Crippen LogP contribution in [0, 0.1) is 0 Å². The van der Waals surface area contributed by atoms with E-state index in [1.807, 2.05) is 30.3 Å². The Bertz CT molecular complexity index is 759. The van der Waals surface area contributed by atoms with Gasteiger partial charge in [0.25, 0.3) is 5.89 Å². The van der Waals surface area contributed by atoms with Gasteiger partial charge in [-0.3, -0.25) is 4.90 Å². The van der Waals surface area contributed by atoms with Crippen LogP contribution < -0.4 is 0 Å². The maximum atomic E-state index is 9.28. The van der Waals surface area contributed by atoms with Crippen molar-refractivity contribution in [1.29, 1.82) is 0 Å². The predicted molar refractivity (Wildman–Crippen MR) is 92.4 cm³/mol. The van der Waals surface area contributed by atoms with Gasteiger partial charge in [0.05, 0.1) is 13.2 Å². The van der Waals surface area contributed by atoms with E-state index in [9.17, 15) is 5.11 Å². The van der Waals surface area contributed by atoms with Crippen LogP contribution in [0.3, 0.4) is 0 Å². The maximum Gasteiger partial charge on any atom is 0.257 e. The molecule has 0 atom stereocenters. The Balaban J connectivity index is 1.70. The van der Waals surface area contributed by atoms with E-state index in [0.29, 0.717) is 36.4 Å². The van der Waals surface area contributed by atoms with Crippen LogP contribution in [-0.4, -0.2) is 33.3 Å². The van der Waals surface area contributed by atoms with Crippen molar-refractivity contribution in [2.75, 3.05) is 13.2 Å². The van der Waals surface area contributed by atoms with Crippen LogP contribution in [0.2, 0.25) is 5.02 Å². The lowest BCUT2D eigenvalue weighted by atomic mass is 10.2. The molecule has 0 aliphatic carbocycles. The van der Waals surface area contributed by atoms with Gasteiger partial charge in [0.1, 0.15) is 0 Å². The monoisotopic (exact) mass is 343 g/mol. The molecule has 0 aliphatic heterocycles. The Labute approximate surface area is 145 Å². The topological polar surface area (TPSA) is 62.4 Å². The molecule has 6 heteroatoms. The molecule has 0 fully saturated rings. The molecule has 0 unspecified atom stereocenters. The second-order valence-electron chi connectivity index (χ2n) is 5.44. The van der Waals surface area contributed by atoms with Gasteiger partial charge in [0, 0.05) is 23.7 Å². The summed E-state index contributed by atoms with van der Waals surface area (Å²) in [5, 5.41) is 14.0. The van der Waals surface area contributed by atoms with Gasteiger partial charge in [0.15, 0.2) is 5.82 Å². The number of halogens is 1. The second kappa shape index (κ2) is 8.06. The van der Waals surface area contributed by atoms with Crippen LogP contribution >= 0.6 is 11.6 Å². The molecule has 0 saturated carbocycles. The normalized spacial score (nSPS) is 11.1. The van der Waals surface area contributed by atoms with E-state index >= 15 is 0 Å². The summed E-state index contributed by atoms with van der Waals surface area (Å²) in [6.45, 7) is 1.84. The third-order valence-electron chi connectivity index (χ3n) is 3.59. The molecule has 1 heterocycles. The Morgan fingerprint density at radius 1 is 1.00 bits per heavy atom. The molecule has 0 spiro atoms. The first-order chi connectivity index (χ1) is 11.7. The number of benzene rings is 2. The van der Waals surface area contributed by atoms with Crippen LogP contribution in [0.5, 0.6) is 0 Å². The Morgan fingerprint density at radius 2 is 1.75 bits per heavy atom. The molecule has 1 aromatic heterocycles. The molecule has 0 aliphatic rings. The lowest BCUT2D eigenvalue weighted by Crippen LogP contribution is -2.26. The molecule has 124 valence electrons. The first kappa shape index (κ1) is 16.6. The van der Waals surface area contributed by atoms with E-state index in [1.165, 1.54) is 5.56 Å². The van der Waals surface area contributed by atoms with Crippen molar-refractivity contribution >= 4 is 11.6 Å². The highest BCUT2D eigenvalue weighted by atomic mass is 35.5. The average Bonchev–Trinajstić information content (AvgIpc) is 3.05. The van der Waals surface area contributed by atoms with Crippen LogP contribution in [0.25, 0.3) is 11.5 Å². The molecule has 24 heavy (non-hydrogen) atoms. The van der Waals surface area contributed by atoms with Gasteiger partial charge in [-0.2, -0.15) is 4.98 Å². The minimum Gasteiger partial charge on any atom is -0.395 e. The molecule has 3 rings (SSSR count). The minimum atomic E-state index is 0.0781. The zero-order valence-electron chi connectivity index (χ0n) is 13.1. The summed E-state index contributed by atoms with van der Waals surface area (Å²) in [5.74, 6) is 1.05. The minimum absolute atomic E-state index is 0.0781. The molecule has 0 bridgehead atoms. The van der Waals surface area contributed by atoms with Gasteiger partial charge in [-0.1, -0.05) is 47.1 Å². The van der Waals surface area contributed by atoms with Gasteiger partial charge in [-0.05, 0) is 29.8 Å². The molecule has 0 saturated heterocycles. The standard InChI is InChI=1S/C18H18ClN3O2/c19-16-8-6-15(7-9-16)18-20-17(21-24-18)13-22(10-11-23)12-14-4-2-1-3-5-14/h1-9,23H,10-13H2. The highest BCUT2D eigenvalue weighted by molar-refractivity contribution is 6.30. The summed E-state index contributed by atoms with van der Waals surface area (Å²) in [4.78, 5) is 6.50. The molecule has 2 aromatic carbocycles. The van der Waals surface area contributed by atoms with Crippen LogP contribution in [0.1, 0.15) is 11.4 Å². The predicted octanol–water partition coefficient (Wildman–Crippen LogP) is 3.38. The number of aliphatic hydroxyl groups excluding tert-OH is 1. The zero-order chi connectivity index (χ0) is 16.8. The zero-order valence-corrected chi connectivity index (χ0v) is 13.9. The maximum absolute atomic E-state index is 9.28. The van der Waals surface area contributed by atoms with Gasteiger partial charge in [0.2, 0.25) is 0 Å². The van der Waals surface area contributed by atoms with E-state index in [0.717, 1.165) is 5.56 Å². The van der Waals surface area contributed by atoms with Crippen molar-refractivity contribution < 1.29 is 9.63 Å². The smallest absolute Gasteiger partial charge is 0.257 e. The summed E-state index contributed by atoms with van der Waals surface area (Å²) < 4.78 is 5.33. The van der Waals surface area contributed by atoms with E-state index in [1.54, 1.807) is 12.1 Å². The van der Waals surface area contributed by atoms with Gasteiger partial charge < -0.3 is 9.63 Å². The van der Waals surface area contributed by atoms with E-state index < -0.39 is 0 Å². The quantitative estimate of drug-likeness (QED) is 0.712.